The Balaban J connectivity index is 0.00000182. The molecule has 4 rings (SSSR count). The van der Waals surface area contributed by atoms with Crippen molar-refractivity contribution in [3.05, 3.63) is 47.6 Å². The van der Waals surface area contributed by atoms with Crippen molar-refractivity contribution in [1.29, 1.82) is 0 Å². The van der Waals surface area contributed by atoms with Crippen LogP contribution in [0.1, 0.15) is 61.8 Å². The first-order chi connectivity index (χ1) is 11.7. The summed E-state index contributed by atoms with van der Waals surface area (Å²) in [4.78, 5) is 18.9. The topological polar surface area (TPSA) is 85.2 Å². The van der Waals surface area contributed by atoms with Gasteiger partial charge in [-0.2, -0.15) is 4.98 Å². The van der Waals surface area contributed by atoms with Gasteiger partial charge in [-0.25, -0.2) is 0 Å². The summed E-state index contributed by atoms with van der Waals surface area (Å²) in [7, 11) is 0. The predicted molar refractivity (Wildman–Crippen MR) is 95.1 cm³/mol. The smallest absolute Gasteiger partial charge is 0.254 e. The first-order valence-corrected chi connectivity index (χ1v) is 8.65. The Morgan fingerprint density at radius 1 is 1.16 bits per heavy atom. The molecule has 1 aromatic carbocycles. The highest BCUT2D eigenvalue weighted by molar-refractivity contribution is 5.85. The fourth-order valence-corrected chi connectivity index (χ4v) is 3.52. The van der Waals surface area contributed by atoms with Crippen molar-refractivity contribution in [1.82, 2.24) is 15.0 Å². The van der Waals surface area contributed by atoms with Crippen molar-refractivity contribution in [2.45, 2.75) is 50.1 Å². The number of likely N-dealkylation sites (tertiary alicyclic amines) is 1. The second-order valence-electron chi connectivity index (χ2n) is 6.82. The standard InChI is InChI=1S/C18H22N4O2.ClH/c19-18(10-6-11-18)17-20-16(24-21-17)15(13-7-2-1-3-8-13)22-12-5-4-9-14(22)23;/h1-3,7-8,15H,4-6,9-12,19H2;1H. The van der Waals surface area contributed by atoms with E-state index in [9.17, 15) is 4.79 Å². The van der Waals surface area contributed by atoms with E-state index in [0.29, 0.717) is 24.7 Å². The molecule has 1 saturated carbocycles. The third-order valence-electron chi connectivity index (χ3n) is 5.15. The van der Waals surface area contributed by atoms with Crippen LogP contribution in [0.25, 0.3) is 0 Å². The molecule has 1 aromatic heterocycles. The summed E-state index contributed by atoms with van der Waals surface area (Å²) in [6.07, 6.45) is 5.36. The van der Waals surface area contributed by atoms with Crippen LogP contribution in [0.15, 0.2) is 34.9 Å². The highest BCUT2D eigenvalue weighted by Gasteiger charge is 2.40. The molecule has 1 amide bonds. The summed E-state index contributed by atoms with van der Waals surface area (Å²) in [5.41, 5.74) is 6.84. The predicted octanol–water partition coefficient (Wildman–Crippen LogP) is 2.93. The molecular weight excluding hydrogens is 340 g/mol. The maximum absolute atomic E-state index is 12.5. The summed E-state index contributed by atoms with van der Waals surface area (Å²) in [5.74, 6) is 1.17. The summed E-state index contributed by atoms with van der Waals surface area (Å²) >= 11 is 0. The van der Waals surface area contributed by atoms with E-state index in [1.807, 2.05) is 35.2 Å². The fourth-order valence-electron chi connectivity index (χ4n) is 3.52. The van der Waals surface area contributed by atoms with Gasteiger partial charge in [-0.1, -0.05) is 35.5 Å². The minimum absolute atomic E-state index is 0. The molecule has 1 aliphatic carbocycles. The van der Waals surface area contributed by atoms with Gasteiger partial charge in [0.15, 0.2) is 5.82 Å². The van der Waals surface area contributed by atoms with Crippen LogP contribution < -0.4 is 5.73 Å². The van der Waals surface area contributed by atoms with Gasteiger partial charge in [-0.05, 0) is 37.7 Å². The second kappa shape index (κ2) is 7.14. The number of benzene rings is 1. The molecule has 1 atom stereocenters. The molecule has 2 N–H and O–H groups in total. The van der Waals surface area contributed by atoms with Crippen LogP contribution in [0, 0.1) is 0 Å². The van der Waals surface area contributed by atoms with E-state index >= 15 is 0 Å². The number of hydrogen-bond donors (Lipinski definition) is 1. The maximum Gasteiger partial charge on any atom is 0.254 e. The van der Waals surface area contributed by atoms with Gasteiger partial charge in [0.05, 0.1) is 5.54 Å². The number of carbonyl (C=O) groups is 1. The van der Waals surface area contributed by atoms with Crippen LogP contribution in [0.2, 0.25) is 0 Å². The van der Waals surface area contributed by atoms with E-state index in [2.05, 4.69) is 10.1 Å². The van der Waals surface area contributed by atoms with E-state index in [1.54, 1.807) is 0 Å². The minimum Gasteiger partial charge on any atom is -0.337 e. The number of nitrogens with zero attached hydrogens (tertiary/aromatic N) is 3. The molecule has 0 radical (unpaired) electrons. The molecule has 134 valence electrons. The average Bonchev–Trinajstić information content (AvgIpc) is 3.06. The summed E-state index contributed by atoms with van der Waals surface area (Å²) < 4.78 is 5.57. The molecule has 1 unspecified atom stereocenters. The lowest BCUT2D eigenvalue weighted by Crippen LogP contribution is -2.44. The third kappa shape index (κ3) is 3.28. The SMILES string of the molecule is Cl.NC1(c2noc(C(c3ccccc3)N3CCCCC3=O)n2)CCC1. The Kier molecular flexibility index (Phi) is 5.11. The molecule has 0 bridgehead atoms. The molecule has 25 heavy (non-hydrogen) atoms. The van der Waals surface area contributed by atoms with Gasteiger partial charge in [-0.15, -0.1) is 12.4 Å². The first kappa shape index (κ1) is 17.9. The van der Waals surface area contributed by atoms with E-state index < -0.39 is 5.54 Å². The van der Waals surface area contributed by atoms with Crippen molar-refractivity contribution >= 4 is 18.3 Å². The van der Waals surface area contributed by atoms with E-state index in [4.69, 9.17) is 10.3 Å². The Morgan fingerprint density at radius 3 is 2.56 bits per heavy atom. The Hall–Kier alpha value is -1.92. The molecule has 1 aliphatic heterocycles. The van der Waals surface area contributed by atoms with Gasteiger partial charge >= 0.3 is 0 Å². The zero-order valence-corrected chi connectivity index (χ0v) is 14.9. The van der Waals surface area contributed by atoms with Crippen LogP contribution in [-0.4, -0.2) is 27.5 Å². The van der Waals surface area contributed by atoms with E-state index in [1.165, 1.54) is 0 Å². The van der Waals surface area contributed by atoms with Gasteiger partial charge in [-0.3, -0.25) is 4.79 Å². The summed E-state index contributed by atoms with van der Waals surface area (Å²) in [6, 6.07) is 9.55. The third-order valence-corrected chi connectivity index (χ3v) is 5.15. The van der Waals surface area contributed by atoms with Crippen molar-refractivity contribution in [3.8, 4) is 0 Å². The highest BCUT2D eigenvalue weighted by atomic mass is 35.5. The molecule has 2 fully saturated rings. The lowest BCUT2D eigenvalue weighted by Gasteiger charge is -2.35. The van der Waals surface area contributed by atoms with Crippen LogP contribution in [0.5, 0.6) is 0 Å². The molecule has 6 nitrogen and oxygen atoms in total. The Labute approximate surface area is 153 Å². The van der Waals surface area contributed by atoms with Gasteiger partial charge in [0.2, 0.25) is 5.91 Å². The number of amides is 1. The summed E-state index contributed by atoms with van der Waals surface area (Å²) in [6.45, 7) is 0.712. The molecule has 0 spiro atoms. The van der Waals surface area contributed by atoms with Gasteiger partial charge in [0.25, 0.3) is 5.89 Å². The monoisotopic (exact) mass is 362 g/mol. The summed E-state index contributed by atoms with van der Waals surface area (Å²) in [5, 5.41) is 4.13. The normalized spacial score (nSPS) is 20.5. The Morgan fingerprint density at radius 2 is 1.92 bits per heavy atom. The fraction of sp³-hybridized carbons (Fsp3) is 0.500. The molecular formula is C18H23ClN4O2. The van der Waals surface area contributed by atoms with Gasteiger partial charge < -0.3 is 15.2 Å². The Bertz CT molecular complexity index is 730. The van der Waals surface area contributed by atoms with Crippen LogP contribution >= 0.6 is 12.4 Å². The van der Waals surface area contributed by atoms with Crippen LogP contribution in [0.4, 0.5) is 0 Å². The number of rotatable bonds is 4. The van der Waals surface area contributed by atoms with Crippen molar-refractivity contribution in [2.24, 2.45) is 5.73 Å². The lowest BCUT2D eigenvalue weighted by atomic mass is 9.77. The van der Waals surface area contributed by atoms with Crippen molar-refractivity contribution in [2.75, 3.05) is 6.54 Å². The number of nitrogens with two attached hydrogens (primary N) is 1. The van der Waals surface area contributed by atoms with Gasteiger partial charge in [0.1, 0.15) is 6.04 Å². The number of hydrogen-bond acceptors (Lipinski definition) is 5. The van der Waals surface area contributed by atoms with Crippen LogP contribution in [0.3, 0.4) is 0 Å². The van der Waals surface area contributed by atoms with E-state index in [-0.39, 0.29) is 24.4 Å². The number of piperidine rings is 1. The number of aromatic nitrogens is 2. The molecule has 2 heterocycles. The maximum atomic E-state index is 12.5. The lowest BCUT2D eigenvalue weighted by molar-refractivity contribution is -0.135. The van der Waals surface area contributed by atoms with Crippen molar-refractivity contribution in [3.63, 3.8) is 0 Å². The quantitative estimate of drug-likeness (QED) is 0.903. The van der Waals surface area contributed by atoms with Crippen LogP contribution in [-0.2, 0) is 10.3 Å². The second-order valence-corrected chi connectivity index (χ2v) is 6.82. The minimum atomic E-state index is -0.463. The molecule has 1 saturated heterocycles. The zero-order valence-electron chi connectivity index (χ0n) is 14.1. The molecule has 7 heteroatoms. The highest BCUT2D eigenvalue weighted by Crippen LogP contribution is 2.38. The largest absolute Gasteiger partial charge is 0.337 e. The first-order valence-electron chi connectivity index (χ1n) is 8.65. The molecule has 2 aliphatic rings. The van der Waals surface area contributed by atoms with E-state index in [0.717, 1.165) is 37.7 Å². The van der Waals surface area contributed by atoms with Gasteiger partial charge in [0, 0.05) is 13.0 Å². The average molecular weight is 363 g/mol. The zero-order chi connectivity index (χ0) is 16.6. The van der Waals surface area contributed by atoms with Crippen molar-refractivity contribution < 1.29 is 9.32 Å². The number of halogens is 1. The number of carbonyl (C=O) groups excluding carboxylic acids is 1. The molecule has 2 aromatic rings.